The highest BCUT2D eigenvalue weighted by Crippen LogP contribution is 2.29. The number of nitrogens with zero attached hydrogens (tertiary/aromatic N) is 2. The molecular weight excluding hydrogens is 394 g/mol. The third-order valence-corrected chi connectivity index (χ3v) is 4.33. The van der Waals surface area contributed by atoms with Gasteiger partial charge in [-0.2, -0.15) is 5.26 Å². The first-order valence-corrected chi connectivity index (χ1v) is 9.47. The number of carbonyl (C=O) groups is 1. The molecule has 31 heavy (non-hydrogen) atoms. The summed E-state index contributed by atoms with van der Waals surface area (Å²) in [5, 5.41) is 15.6. The topological polar surface area (TPSA) is 92.9 Å². The van der Waals surface area contributed by atoms with Gasteiger partial charge in [0.05, 0.1) is 17.2 Å². The van der Waals surface area contributed by atoms with Gasteiger partial charge in [0.2, 0.25) is 0 Å². The Morgan fingerprint density at radius 2 is 1.77 bits per heavy atom. The van der Waals surface area contributed by atoms with Gasteiger partial charge in [0.25, 0.3) is 5.91 Å². The largest absolute Gasteiger partial charge is 0.489 e. The van der Waals surface area contributed by atoms with E-state index in [0.29, 0.717) is 28.4 Å². The van der Waals surface area contributed by atoms with Crippen LogP contribution in [0, 0.1) is 11.3 Å². The third kappa shape index (κ3) is 5.40. The van der Waals surface area contributed by atoms with Crippen LogP contribution in [-0.2, 0) is 16.2 Å². The number of nitrogens with one attached hydrogen (secondary N) is 1. The molecule has 0 unspecified atom stereocenters. The Balaban J connectivity index is 1.81. The molecule has 0 radical (unpaired) electrons. The summed E-state index contributed by atoms with van der Waals surface area (Å²) in [5.41, 5.74) is 1.95. The lowest BCUT2D eigenvalue weighted by molar-refractivity contribution is -0.114. The number of hydrogen-bond acceptors (Lipinski definition) is 6. The van der Waals surface area contributed by atoms with Crippen LogP contribution in [0.15, 0.2) is 78.0 Å². The summed E-state index contributed by atoms with van der Waals surface area (Å²) < 4.78 is 11.9. The highest BCUT2D eigenvalue weighted by Gasteiger charge is 2.18. The zero-order valence-corrected chi connectivity index (χ0v) is 17.2. The smallest absolute Gasteiger partial charge is 0.273 e. The molecule has 0 bridgehead atoms. The van der Waals surface area contributed by atoms with Crippen molar-refractivity contribution in [1.82, 2.24) is 5.32 Å². The predicted octanol–water partition coefficient (Wildman–Crippen LogP) is 4.03. The summed E-state index contributed by atoms with van der Waals surface area (Å²) in [6.07, 6.45) is 0. The third-order valence-electron chi connectivity index (χ3n) is 4.33. The first kappa shape index (κ1) is 21.4. The summed E-state index contributed by atoms with van der Waals surface area (Å²) in [6, 6.07) is 23.6. The van der Waals surface area contributed by atoms with Crippen molar-refractivity contribution in [1.29, 1.82) is 5.26 Å². The Hall–Kier alpha value is -4.31. The summed E-state index contributed by atoms with van der Waals surface area (Å²) >= 11 is 0. The Labute approximate surface area is 180 Å². The van der Waals surface area contributed by atoms with Crippen LogP contribution in [0.5, 0.6) is 17.2 Å². The molecule has 3 aromatic carbocycles. The molecule has 0 saturated heterocycles. The monoisotopic (exact) mass is 415 g/mol. The number of carbonyl (C=O) groups excluding carboxylic acids is 1. The van der Waals surface area contributed by atoms with Gasteiger partial charge in [0.15, 0.2) is 5.71 Å². The minimum atomic E-state index is -0.397. The van der Waals surface area contributed by atoms with Crippen molar-refractivity contribution in [3.8, 4) is 23.3 Å². The Bertz CT molecular complexity index is 1140. The molecule has 7 heteroatoms. The molecule has 0 fully saturated rings. The quantitative estimate of drug-likeness (QED) is 0.443. The SMILES string of the molecule is CNC(=O)/C(=N\OC)c1ccccc1Oc1cccc(OCc2ccccc2C#N)c1. The van der Waals surface area contributed by atoms with Crippen molar-refractivity contribution < 1.29 is 19.1 Å². The van der Waals surface area contributed by atoms with Crippen molar-refractivity contribution in [2.75, 3.05) is 14.2 Å². The lowest BCUT2D eigenvalue weighted by Crippen LogP contribution is -2.28. The van der Waals surface area contributed by atoms with Crippen LogP contribution in [-0.4, -0.2) is 25.8 Å². The summed E-state index contributed by atoms with van der Waals surface area (Å²) in [4.78, 5) is 17.0. The molecule has 3 rings (SSSR count). The summed E-state index contributed by atoms with van der Waals surface area (Å²) in [7, 11) is 2.89. The second-order valence-electron chi connectivity index (χ2n) is 6.33. The average molecular weight is 415 g/mol. The van der Waals surface area contributed by atoms with E-state index in [0.717, 1.165) is 5.56 Å². The molecule has 7 nitrogen and oxygen atoms in total. The second kappa shape index (κ2) is 10.5. The highest BCUT2D eigenvalue weighted by molar-refractivity contribution is 6.45. The Morgan fingerprint density at radius 1 is 1.03 bits per heavy atom. The van der Waals surface area contributed by atoms with E-state index in [2.05, 4.69) is 16.5 Å². The predicted molar refractivity (Wildman–Crippen MR) is 116 cm³/mol. The zero-order chi connectivity index (χ0) is 22.1. The van der Waals surface area contributed by atoms with Crippen LogP contribution in [0.2, 0.25) is 0 Å². The molecular formula is C24H21N3O4. The van der Waals surface area contributed by atoms with Gasteiger partial charge in [0.1, 0.15) is 31.0 Å². The van der Waals surface area contributed by atoms with E-state index < -0.39 is 5.91 Å². The molecule has 0 saturated carbocycles. The maximum Gasteiger partial charge on any atom is 0.273 e. The molecule has 1 N–H and O–H groups in total. The van der Waals surface area contributed by atoms with Gasteiger partial charge in [-0.15, -0.1) is 0 Å². The summed E-state index contributed by atoms with van der Waals surface area (Å²) in [5.74, 6) is 1.15. The van der Waals surface area contributed by atoms with Gasteiger partial charge < -0.3 is 19.6 Å². The van der Waals surface area contributed by atoms with E-state index in [4.69, 9.17) is 14.3 Å². The van der Waals surface area contributed by atoms with Crippen molar-refractivity contribution in [2.45, 2.75) is 6.61 Å². The number of benzene rings is 3. The number of ether oxygens (including phenoxy) is 2. The standard InChI is InChI=1S/C24H21N3O4/c1-26-24(28)23(27-29-2)21-12-5-6-13-22(21)31-20-11-7-10-19(14-20)30-16-18-9-4-3-8-17(18)15-25/h3-14H,16H2,1-2H3,(H,26,28)/b27-23-. The Morgan fingerprint density at radius 3 is 2.55 bits per heavy atom. The van der Waals surface area contributed by atoms with E-state index in [-0.39, 0.29) is 12.3 Å². The van der Waals surface area contributed by atoms with E-state index >= 15 is 0 Å². The van der Waals surface area contributed by atoms with E-state index in [1.54, 1.807) is 54.6 Å². The van der Waals surface area contributed by atoms with Crippen LogP contribution in [0.3, 0.4) is 0 Å². The maximum atomic E-state index is 12.2. The fourth-order valence-corrected chi connectivity index (χ4v) is 2.84. The molecule has 1 amide bonds. The fourth-order valence-electron chi connectivity index (χ4n) is 2.84. The van der Waals surface area contributed by atoms with Crippen LogP contribution < -0.4 is 14.8 Å². The van der Waals surface area contributed by atoms with Crippen molar-refractivity contribution in [3.63, 3.8) is 0 Å². The number of rotatable bonds is 8. The summed E-state index contributed by atoms with van der Waals surface area (Å²) in [6.45, 7) is 0.255. The zero-order valence-electron chi connectivity index (χ0n) is 17.2. The minimum Gasteiger partial charge on any atom is -0.489 e. The van der Waals surface area contributed by atoms with Crippen molar-refractivity contribution in [3.05, 3.63) is 89.5 Å². The molecule has 3 aromatic rings. The van der Waals surface area contributed by atoms with Crippen molar-refractivity contribution >= 4 is 11.6 Å². The molecule has 0 aromatic heterocycles. The van der Waals surface area contributed by atoms with Crippen LogP contribution >= 0.6 is 0 Å². The van der Waals surface area contributed by atoms with E-state index in [9.17, 15) is 10.1 Å². The molecule has 156 valence electrons. The number of likely N-dealkylation sites (N-methyl/N-ethyl adjacent to an activating group) is 1. The molecule has 0 heterocycles. The fraction of sp³-hybridized carbons (Fsp3) is 0.125. The minimum absolute atomic E-state index is 0.0983. The molecule has 0 atom stereocenters. The number of oxime groups is 1. The number of hydrogen-bond donors (Lipinski definition) is 1. The average Bonchev–Trinajstić information content (AvgIpc) is 2.81. The second-order valence-corrected chi connectivity index (χ2v) is 6.33. The highest BCUT2D eigenvalue weighted by atomic mass is 16.6. The first-order chi connectivity index (χ1) is 15.2. The van der Waals surface area contributed by atoms with Gasteiger partial charge >= 0.3 is 0 Å². The van der Waals surface area contributed by atoms with Gasteiger partial charge in [0, 0.05) is 18.7 Å². The van der Waals surface area contributed by atoms with Crippen LogP contribution in [0.4, 0.5) is 0 Å². The van der Waals surface area contributed by atoms with Gasteiger partial charge in [-0.25, -0.2) is 0 Å². The van der Waals surface area contributed by atoms with Gasteiger partial charge in [-0.3, -0.25) is 4.79 Å². The molecule has 0 aliphatic carbocycles. The van der Waals surface area contributed by atoms with E-state index in [1.165, 1.54) is 14.2 Å². The van der Waals surface area contributed by atoms with Crippen LogP contribution in [0.1, 0.15) is 16.7 Å². The van der Waals surface area contributed by atoms with Crippen LogP contribution in [0.25, 0.3) is 0 Å². The lowest BCUT2D eigenvalue weighted by Gasteiger charge is -2.13. The number of para-hydroxylation sites is 1. The normalized spacial score (nSPS) is 10.7. The van der Waals surface area contributed by atoms with E-state index in [1.807, 2.05) is 18.2 Å². The number of nitriles is 1. The molecule has 0 spiro atoms. The van der Waals surface area contributed by atoms with Gasteiger partial charge in [-0.1, -0.05) is 41.6 Å². The Kier molecular flexibility index (Phi) is 7.22. The number of amides is 1. The molecule has 0 aliphatic heterocycles. The van der Waals surface area contributed by atoms with Crippen molar-refractivity contribution in [2.24, 2.45) is 5.16 Å². The first-order valence-electron chi connectivity index (χ1n) is 9.47. The maximum absolute atomic E-state index is 12.2. The lowest BCUT2D eigenvalue weighted by atomic mass is 10.1. The van der Waals surface area contributed by atoms with Gasteiger partial charge in [-0.05, 0) is 30.3 Å². The molecule has 0 aliphatic rings.